The molecule has 1 N–H and O–H groups in total. The molecule has 0 atom stereocenters. The van der Waals surface area contributed by atoms with Crippen LogP contribution in [0.2, 0.25) is 0 Å². The molecule has 0 fully saturated rings. The van der Waals surface area contributed by atoms with Crippen LogP contribution in [0.25, 0.3) is 5.69 Å². The highest BCUT2D eigenvalue weighted by Gasteiger charge is 2.03. The van der Waals surface area contributed by atoms with E-state index in [9.17, 15) is 9.18 Å². The molecule has 0 unspecified atom stereocenters. The summed E-state index contributed by atoms with van der Waals surface area (Å²) in [4.78, 5) is 11.7. The Kier molecular flexibility index (Phi) is 5.05. The zero-order chi connectivity index (χ0) is 17.5. The number of rotatable bonds is 6. The van der Waals surface area contributed by atoms with Crippen molar-refractivity contribution >= 4 is 12.1 Å². The molecule has 1 amide bonds. The minimum atomic E-state index is -0.461. The Morgan fingerprint density at radius 1 is 1.24 bits per heavy atom. The number of hydrazone groups is 1. The number of nitrogens with zero attached hydrogens (tertiary/aromatic N) is 5. The SMILES string of the molecule is O=C(COc1ccc(-n2cnnn2)cc1)N/N=C/c1ccccc1F. The van der Waals surface area contributed by atoms with Gasteiger partial charge in [-0.3, -0.25) is 4.79 Å². The van der Waals surface area contributed by atoms with Crippen LogP contribution in [-0.4, -0.2) is 38.9 Å². The van der Waals surface area contributed by atoms with E-state index in [4.69, 9.17) is 4.74 Å². The van der Waals surface area contributed by atoms with E-state index >= 15 is 0 Å². The number of carbonyl (C=O) groups excluding carboxylic acids is 1. The molecule has 0 saturated carbocycles. The van der Waals surface area contributed by atoms with Gasteiger partial charge in [0, 0.05) is 5.56 Å². The zero-order valence-corrected chi connectivity index (χ0v) is 12.9. The molecule has 3 rings (SSSR count). The van der Waals surface area contributed by atoms with Gasteiger partial charge < -0.3 is 4.74 Å². The van der Waals surface area contributed by atoms with Gasteiger partial charge in [-0.05, 0) is 40.8 Å². The first kappa shape index (κ1) is 16.2. The predicted molar refractivity (Wildman–Crippen MR) is 86.8 cm³/mol. The van der Waals surface area contributed by atoms with Crippen molar-refractivity contribution in [3.05, 3.63) is 66.2 Å². The number of ether oxygens (including phenoxy) is 1. The first-order valence-electron chi connectivity index (χ1n) is 7.25. The van der Waals surface area contributed by atoms with Crippen molar-refractivity contribution in [2.75, 3.05) is 6.61 Å². The molecule has 0 saturated heterocycles. The maximum atomic E-state index is 13.4. The standard InChI is InChI=1S/C16H13FN6O2/c17-15-4-2-1-3-12(15)9-18-20-16(24)10-25-14-7-5-13(6-8-14)23-11-19-21-22-23/h1-9,11H,10H2,(H,20,24)/b18-9+. The number of halogens is 1. The van der Waals surface area contributed by atoms with Gasteiger partial charge in [-0.2, -0.15) is 5.10 Å². The van der Waals surface area contributed by atoms with Gasteiger partial charge in [-0.15, -0.1) is 5.10 Å². The summed E-state index contributed by atoms with van der Waals surface area (Å²) in [7, 11) is 0. The summed E-state index contributed by atoms with van der Waals surface area (Å²) >= 11 is 0. The maximum Gasteiger partial charge on any atom is 0.277 e. The van der Waals surface area contributed by atoms with Crippen molar-refractivity contribution < 1.29 is 13.9 Å². The highest BCUT2D eigenvalue weighted by Crippen LogP contribution is 2.14. The first-order valence-corrected chi connectivity index (χ1v) is 7.25. The van der Waals surface area contributed by atoms with Crippen LogP contribution in [0, 0.1) is 5.82 Å². The zero-order valence-electron chi connectivity index (χ0n) is 12.9. The summed E-state index contributed by atoms with van der Waals surface area (Å²) in [5.74, 6) is -0.373. The summed E-state index contributed by atoms with van der Waals surface area (Å²) < 4.78 is 20.2. The van der Waals surface area contributed by atoms with Crippen molar-refractivity contribution in [3.63, 3.8) is 0 Å². The molecule has 0 radical (unpaired) electrons. The monoisotopic (exact) mass is 340 g/mol. The fourth-order valence-corrected chi connectivity index (χ4v) is 1.91. The number of benzene rings is 2. The second-order valence-corrected chi connectivity index (χ2v) is 4.85. The number of hydrogen-bond donors (Lipinski definition) is 1. The fraction of sp³-hybridized carbons (Fsp3) is 0.0625. The average molecular weight is 340 g/mol. The summed E-state index contributed by atoms with van der Waals surface area (Å²) in [6, 6.07) is 13.0. The molecule has 0 aliphatic heterocycles. The van der Waals surface area contributed by atoms with E-state index in [1.54, 1.807) is 42.5 Å². The van der Waals surface area contributed by atoms with Gasteiger partial charge in [0.2, 0.25) is 0 Å². The smallest absolute Gasteiger partial charge is 0.277 e. The number of hydrogen-bond acceptors (Lipinski definition) is 6. The molecule has 25 heavy (non-hydrogen) atoms. The van der Waals surface area contributed by atoms with Crippen molar-refractivity contribution in [3.8, 4) is 11.4 Å². The molecule has 0 spiro atoms. The highest BCUT2D eigenvalue weighted by atomic mass is 19.1. The third-order valence-electron chi connectivity index (χ3n) is 3.12. The Bertz CT molecular complexity index is 865. The van der Waals surface area contributed by atoms with Crippen LogP contribution < -0.4 is 10.2 Å². The van der Waals surface area contributed by atoms with E-state index < -0.39 is 11.7 Å². The van der Waals surface area contributed by atoms with E-state index in [-0.39, 0.29) is 12.2 Å². The fourth-order valence-electron chi connectivity index (χ4n) is 1.91. The third-order valence-corrected chi connectivity index (χ3v) is 3.12. The Morgan fingerprint density at radius 3 is 2.76 bits per heavy atom. The molecule has 1 aromatic heterocycles. The number of amides is 1. The molecule has 0 aliphatic carbocycles. The van der Waals surface area contributed by atoms with Gasteiger partial charge in [-0.25, -0.2) is 14.5 Å². The van der Waals surface area contributed by atoms with Gasteiger partial charge in [0.15, 0.2) is 6.61 Å². The van der Waals surface area contributed by atoms with E-state index in [0.717, 1.165) is 5.69 Å². The van der Waals surface area contributed by atoms with Crippen LogP contribution in [0.15, 0.2) is 60.0 Å². The summed E-state index contributed by atoms with van der Waals surface area (Å²) in [6.45, 7) is -0.223. The van der Waals surface area contributed by atoms with Crippen LogP contribution in [0.5, 0.6) is 5.75 Å². The Morgan fingerprint density at radius 2 is 2.04 bits per heavy atom. The van der Waals surface area contributed by atoms with Crippen molar-refractivity contribution in [1.29, 1.82) is 0 Å². The molecule has 0 aliphatic rings. The van der Waals surface area contributed by atoms with Gasteiger partial charge in [0.05, 0.1) is 11.9 Å². The van der Waals surface area contributed by atoms with Gasteiger partial charge in [0.25, 0.3) is 5.91 Å². The number of aromatic nitrogens is 4. The number of nitrogens with one attached hydrogen (secondary N) is 1. The second-order valence-electron chi connectivity index (χ2n) is 4.85. The largest absolute Gasteiger partial charge is 0.484 e. The minimum Gasteiger partial charge on any atom is -0.484 e. The molecule has 126 valence electrons. The van der Waals surface area contributed by atoms with E-state index in [0.29, 0.717) is 5.75 Å². The van der Waals surface area contributed by atoms with E-state index in [1.165, 1.54) is 23.3 Å². The van der Waals surface area contributed by atoms with Crippen molar-refractivity contribution in [2.45, 2.75) is 0 Å². The van der Waals surface area contributed by atoms with Crippen LogP contribution in [0.1, 0.15) is 5.56 Å². The van der Waals surface area contributed by atoms with Gasteiger partial charge >= 0.3 is 0 Å². The normalized spacial score (nSPS) is 10.8. The lowest BCUT2D eigenvalue weighted by molar-refractivity contribution is -0.123. The van der Waals surface area contributed by atoms with E-state index in [2.05, 4.69) is 26.1 Å². The van der Waals surface area contributed by atoms with Crippen LogP contribution >= 0.6 is 0 Å². The van der Waals surface area contributed by atoms with Crippen molar-refractivity contribution in [1.82, 2.24) is 25.6 Å². The maximum absolute atomic E-state index is 13.4. The molecular formula is C16H13FN6O2. The summed E-state index contributed by atoms with van der Waals surface area (Å²) in [6.07, 6.45) is 2.70. The molecule has 9 heteroatoms. The average Bonchev–Trinajstić information content (AvgIpc) is 3.17. The number of carbonyl (C=O) groups is 1. The second kappa shape index (κ2) is 7.77. The summed E-state index contributed by atoms with van der Waals surface area (Å²) in [5, 5.41) is 14.6. The quantitative estimate of drug-likeness (QED) is 0.540. The topological polar surface area (TPSA) is 94.3 Å². The van der Waals surface area contributed by atoms with Crippen LogP contribution in [0.3, 0.4) is 0 Å². The first-order chi connectivity index (χ1) is 12.2. The van der Waals surface area contributed by atoms with E-state index in [1.807, 2.05) is 0 Å². The Balaban J connectivity index is 1.48. The lowest BCUT2D eigenvalue weighted by atomic mass is 10.2. The van der Waals surface area contributed by atoms with Gasteiger partial charge in [0.1, 0.15) is 17.9 Å². The molecular weight excluding hydrogens is 327 g/mol. The van der Waals surface area contributed by atoms with Crippen LogP contribution in [0.4, 0.5) is 4.39 Å². The molecule has 0 bridgehead atoms. The predicted octanol–water partition coefficient (Wildman–Crippen LogP) is 1.33. The lowest BCUT2D eigenvalue weighted by Crippen LogP contribution is -2.24. The Hall–Kier alpha value is -3.62. The minimum absolute atomic E-state index is 0.223. The number of tetrazole rings is 1. The molecule has 8 nitrogen and oxygen atoms in total. The lowest BCUT2D eigenvalue weighted by Gasteiger charge is -2.06. The Labute approximate surface area is 141 Å². The molecule has 1 heterocycles. The van der Waals surface area contributed by atoms with Crippen LogP contribution in [-0.2, 0) is 4.79 Å². The molecule has 3 aromatic rings. The highest BCUT2D eigenvalue weighted by molar-refractivity contribution is 5.83. The van der Waals surface area contributed by atoms with Crippen molar-refractivity contribution in [2.24, 2.45) is 5.10 Å². The molecule has 2 aromatic carbocycles. The van der Waals surface area contributed by atoms with Gasteiger partial charge in [-0.1, -0.05) is 18.2 Å². The summed E-state index contributed by atoms with van der Waals surface area (Å²) in [5.41, 5.74) is 3.31. The third kappa shape index (κ3) is 4.44.